The summed E-state index contributed by atoms with van der Waals surface area (Å²) < 4.78 is 25.8. The molecule has 0 atom stereocenters. The van der Waals surface area contributed by atoms with Gasteiger partial charge in [-0.1, -0.05) is 11.6 Å². The van der Waals surface area contributed by atoms with Crippen molar-refractivity contribution in [1.29, 1.82) is 5.26 Å². The summed E-state index contributed by atoms with van der Waals surface area (Å²) in [7, 11) is -2.95. The largest absolute Gasteiger partial charge is 0.353 e. The van der Waals surface area contributed by atoms with Crippen molar-refractivity contribution in [2.45, 2.75) is 19.1 Å². The van der Waals surface area contributed by atoms with Gasteiger partial charge >= 0.3 is 0 Å². The van der Waals surface area contributed by atoms with Crippen molar-refractivity contribution >= 4 is 33.2 Å². The molecule has 10 nitrogen and oxygen atoms in total. The van der Waals surface area contributed by atoms with Crippen molar-refractivity contribution in [3.8, 4) is 11.8 Å². The molecule has 3 aliphatic rings. The summed E-state index contributed by atoms with van der Waals surface area (Å²) in [5, 5.41) is 18.9. The van der Waals surface area contributed by atoms with Crippen LogP contribution in [0, 0.1) is 11.3 Å². The van der Waals surface area contributed by atoms with Gasteiger partial charge in [0.25, 0.3) is 0 Å². The van der Waals surface area contributed by atoms with Gasteiger partial charge in [0.1, 0.15) is 5.82 Å². The van der Waals surface area contributed by atoms with E-state index < -0.39 is 9.84 Å². The number of halogens is 1. The number of aromatic nitrogens is 4. The first-order valence-electron chi connectivity index (χ1n) is 11.4. The van der Waals surface area contributed by atoms with Gasteiger partial charge in [0.15, 0.2) is 15.7 Å². The predicted octanol–water partition coefficient (Wildman–Crippen LogP) is 1.63. The Morgan fingerprint density at radius 1 is 1.00 bits per heavy atom. The summed E-state index contributed by atoms with van der Waals surface area (Å²) in [5.74, 6) is 2.70. The Balaban J connectivity index is 1.29. The lowest BCUT2D eigenvalue weighted by molar-refractivity contribution is 0.193. The number of hydrogen-bond acceptors (Lipinski definition) is 9. The molecular weight excluding hydrogens is 488 g/mol. The Labute approximate surface area is 208 Å². The number of nitriles is 1. The van der Waals surface area contributed by atoms with Gasteiger partial charge in [0.05, 0.1) is 35.4 Å². The average molecular weight is 511 g/mol. The quantitative estimate of drug-likeness (QED) is 0.519. The molecule has 0 spiro atoms. The first-order valence-corrected chi connectivity index (χ1v) is 13.6. The molecule has 0 aliphatic carbocycles. The summed E-state index contributed by atoms with van der Waals surface area (Å²) in [4.78, 5) is 11.0. The Hall–Kier alpha value is -3.20. The van der Waals surface area contributed by atoms with E-state index >= 15 is 0 Å². The molecule has 3 aromatic rings. The van der Waals surface area contributed by atoms with E-state index in [0.29, 0.717) is 23.7 Å². The van der Waals surface area contributed by atoms with E-state index in [0.717, 1.165) is 55.0 Å². The lowest BCUT2D eigenvalue weighted by Gasteiger charge is -2.36. The van der Waals surface area contributed by atoms with E-state index in [-0.39, 0.29) is 17.5 Å². The summed E-state index contributed by atoms with van der Waals surface area (Å²) in [6, 6.07) is 11.5. The molecule has 6 rings (SSSR count). The second kappa shape index (κ2) is 8.48. The first kappa shape index (κ1) is 22.3. The number of anilines is 2. The predicted molar refractivity (Wildman–Crippen MR) is 131 cm³/mol. The van der Waals surface area contributed by atoms with Crippen molar-refractivity contribution < 1.29 is 8.42 Å². The van der Waals surface area contributed by atoms with Gasteiger partial charge in [-0.2, -0.15) is 5.26 Å². The van der Waals surface area contributed by atoms with E-state index in [2.05, 4.69) is 40.5 Å². The van der Waals surface area contributed by atoms with Crippen LogP contribution in [0.2, 0.25) is 5.02 Å². The molecular formula is C23H23ClN8O2S. The highest BCUT2D eigenvalue weighted by molar-refractivity contribution is 7.92. The highest BCUT2D eigenvalue weighted by atomic mass is 35.5. The fourth-order valence-electron chi connectivity index (χ4n) is 5.02. The van der Waals surface area contributed by atoms with E-state index in [1.807, 2.05) is 24.3 Å². The zero-order valence-electron chi connectivity index (χ0n) is 18.9. The number of benzene rings is 1. The third kappa shape index (κ3) is 4.11. The highest BCUT2D eigenvalue weighted by Gasteiger charge is 2.40. The maximum absolute atomic E-state index is 11.8. The van der Waals surface area contributed by atoms with Gasteiger partial charge in [0.2, 0.25) is 5.95 Å². The molecule has 0 N–H and O–H groups in total. The summed E-state index contributed by atoms with van der Waals surface area (Å²) in [6.45, 7) is 4.05. The van der Waals surface area contributed by atoms with Crippen LogP contribution in [0.3, 0.4) is 0 Å². The van der Waals surface area contributed by atoms with Crippen molar-refractivity contribution in [3.63, 3.8) is 0 Å². The van der Waals surface area contributed by atoms with Crippen molar-refractivity contribution in [1.82, 2.24) is 24.6 Å². The second-order valence-electron chi connectivity index (χ2n) is 9.15. The molecule has 5 heterocycles. The second-order valence-corrected chi connectivity index (χ2v) is 11.7. The van der Waals surface area contributed by atoms with Gasteiger partial charge in [-0.25, -0.2) is 13.4 Å². The van der Waals surface area contributed by atoms with Gasteiger partial charge in [0, 0.05) is 50.0 Å². The van der Waals surface area contributed by atoms with E-state index in [1.165, 1.54) is 0 Å². The molecule has 0 radical (unpaired) electrons. The van der Waals surface area contributed by atoms with Crippen LogP contribution in [-0.2, 0) is 22.9 Å². The monoisotopic (exact) mass is 510 g/mol. The zero-order valence-corrected chi connectivity index (χ0v) is 20.5. The molecule has 0 amide bonds. The van der Waals surface area contributed by atoms with Gasteiger partial charge in [-0.15, -0.1) is 10.2 Å². The van der Waals surface area contributed by atoms with Crippen LogP contribution in [0.5, 0.6) is 0 Å². The van der Waals surface area contributed by atoms with Gasteiger partial charge < -0.3 is 9.80 Å². The molecule has 2 fully saturated rings. The number of rotatable bonds is 3. The minimum absolute atomic E-state index is 0.0289. The average Bonchev–Trinajstić information content (AvgIpc) is 3.18. The molecule has 3 aliphatic heterocycles. The number of nitrogens with zero attached hydrogens (tertiary/aromatic N) is 8. The third-order valence-electron chi connectivity index (χ3n) is 6.88. The lowest BCUT2D eigenvalue weighted by atomic mass is 10.1. The molecule has 2 aromatic heterocycles. The van der Waals surface area contributed by atoms with Crippen LogP contribution in [0.1, 0.15) is 17.0 Å². The maximum Gasteiger partial charge on any atom is 0.232 e. The fourth-order valence-corrected chi connectivity index (χ4v) is 6.71. The van der Waals surface area contributed by atoms with Crippen LogP contribution in [0.15, 0.2) is 36.5 Å². The Kier molecular flexibility index (Phi) is 5.40. The number of piperazine rings is 1. The zero-order chi connectivity index (χ0) is 24.2. The fraction of sp³-hybridized carbons (Fsp3) is 0.391. The third-order valence-corrected chi connectivity index (χ3v) is 8.90. The number of sulfone groups is 1. The molecule has 2 saturated heterocycles. The number of hydrogen-bond donors (Lipinski definition) is 0. The molecule has 1 aromatic carbocycles. The van der Waals surface area contributed by atoms with Gasteiger partial charge in [-0.05, 0) is 35.9 Å². The van der Waals surface area contributed by atoms with E-state index in [1.54, 1.807) is 12.3 Å². The first-order chi connectivity index (χ1) is 16.9. The summed E-state index contributed by atoms with van der Waals surface area (Å²) in [6.07, 6.45) is 1.67. The van der Waals surface area contributed by atoms with Crippen molar-refractivity contribution in [2.24, 2.45) is 0 Å². The van der Waals surface area contributed by atoms with Crippen LogP contribution >= 0.6 is 11.6 Å². The van der Waals surface area contributed by atoms with E-state index in [9.17, 15) is 13.7 Å². The van der Waals surface area contributed by atoms with Crippen LogP contribution < -0.4 is 9.80 Å². The molecule has 0 bridgehead atoms. The summed E-state index contributed by atoms with van der Waals surface area (Å²) in [5.41, 5.74) is 2.59. The highest BCUT2D eigenvalue weighted by Crippen LogP contribution is 2.33. The van der Waals surface area contributed by atoms with Crippen molar-refractivity contribution in [2.75, 3.05) is 47.5 Å². The Morgan fingerprint density at radius 2 is 1.77 bits per heavy atom. The molecule has 12 heteroatoms. The lowest BCUT2D eigenvalue weighted by Crippen LogP contribution is -2.52. The van der Waals surface area contributed by atoms with Crippen molar-refractivity contribution in [3.05, 3.63) is 58.5 Å². The minimum atomic E-state index is -2.95. The normalized spacial score (nSPS) is 19.9. The molecule has 180 valence electrons. The summed E-state index contributed by atoms with van der Waals surface area (Å²) >= 11 is 6.34. The van der Waals surface area contributed by atoms with Crippen LogP contribution in [0.4, 0.5) is 11.8 Å². The number of pyridine rings is 1. The van der Waals surface area contributed by atoms with E-state index in [4.69, 9.17) is 11.6 Å². The van der Waals surface area contributed by atoms with Crippen LogP contribution in [0.25, 0.3) is 5.69 Å². The Morgan fingerprint density at radius 3 is 2.51 bits per heavy atom. The molecule has 0 unspecified atom stereocenters. The Bertz CT molecular complexity index is 1430. The topological polar surface area (TPSA) is 111 Å². The maximum atomic E-state index is 11.8. The molecule has 35 heavy (non-hydrogen) atoms. The SMILES string of the molecule is N#Cc1ccnc(N2CCN(c3nnc4n3-c3ccc(Cl)cc3CN(C3CS(=O)(=O)C3)C4)CC2)c1. The smallest absolute Gasteiger partial charge is 0.232 e. The number of fused-ring (bicyclic) bond motifs is 3. The molecule has 0 saturated carbocycles. The van der Waals surface area contributed by atoms with Crippen LogP contribution in [-0.4, -0.2) is 76.8 Å². The minimum Gasteiger partial charge on any atom is -0.353 e. The van der Waals surface area contributed by atoms with Gasteiger partial charge in [-0.3, -0.25) is 9.47 Å². The standard InChI is InChI=1S/C23H23ClN8O2S/c24-18-1-2-20-17(10-18)12-31(19-14-35(33,34)15-19)13-22-27-28-23(32(20)22)30-7-5-29(6-8-30)21-9-16(11-25)3-4-26-21/h1-4,9-10,19H,5-8,12-15H2.